The molecule has 1 unspecified atom stereocenters. The summed E-state index contributed by atoms with van der Waals surface area (Å²) in [4.78, 5) is 21.4. The van der Waals surface area contributed by atoms with Crippen LogP contribution in [0.4, 0.5) is 0 Å². The first kappa shape index (κ1) is 11.0. The molecule has 0 radical (unpaired) electrons. The largest absolute Gasteiger partial charge is 0.481 e. The van der Waals surface area contributed by atoms with Gasteiger partial charge in [-0.1, -0.05) is 0 Å². The summed E-state index contributed by atoms with van der Waals surface area (Å²) in [7, 11) is 5.78. The quantitative estimate of drug-likeness (QED) is 0.615. The SMILES string of the molecule is C[N+](C)(C)CC1[C@@H](C(=O)O)[C@H]1C(=O)O. The molecule has 3 atom stereocenters. The van der Waals surface area contributed by atoms with Gasteiger partial charge in [0.15, 0.2) is 0 Å². The van der Waals surface area contributed by atoms with Gasteiger partial charge in [-0.15, -0.1) is 0 Å². The van der Waals surface area contributed by atoms with Crippen LogP contribution in [0.5, 0.6) is 0 Å². The molecule has 0 aromatic rings. The first-order valence-electron chi connectivity index (χ1n) is 4.50. The monoisotopic (exact) mass is 202 g/mol. The number of carbonyl (C=O) groups is 2. The minimum Gasteiger partial charge on any atom is -0.481 e. The second-order valence-corrected chi connectivity index (χ2v) is 4.86. The molecule has 1 rings (SSSR count). The molecule has 5 nitrogen and oxygen atoms in total. The van der Waals surface area contributed by atoms with Crippen LogP contribution in [0.15, 0.2) is 0 Å². The van der Waals surface area contributed by atoms with E-state index in [4.69, 9.17) is 10.2 Å². The fraction of sp³-hybridized carbons (Fsp3) is 0.778. The van der Waals surface area contributed by atoms with Gasteiger partial charge in [-0.25, -0.2) is 0 Å². The summed E-state index contributed by atoms with van der Waals surface area (Å²) in [6.45, 7) is 0.591. The normalized spacial score (nSPS) is 31.2. The van der Waals surface area contributed by atoms with E-state index in [-0.39, 0.29) is 5.92 Å². The Morgan fingerprint density at radius 2 is 1.43 bits per heavy atom. The lowest BCUT2D eigenvalue weighted by Crippen LogP contribution is -2.37. The van der Waals surface area contributed by atoms with E-state index in [1.165, 1.54) is 0 Å². The number of carboxylic acid groups (broad SMARTS) is 2. The Hall–Kier alpha value is -1.10. The summed E-state index contributed by atoms with van der Waals surface area (Å²) >= 11 is 0. The smallest absolute Gasteiger partial charge is 0.307 e. The topological polar surface area (TPSA) is 74.6 Å². The van der Waals surface area contributed by atoms with Crippen LogP contribution in [-0.2, 0) is 9.59 Å². The molecular formula is C9H16NO4+. The van der Waals surface area contributed by atoms with E-state index >= 15 is 0 Å². The van der Waals surface area contributed by atoms with Crippen molar-refractivity contribution in [3.8, 4) is 0 Å². The van der Waals surface area contributed by atoms with Crippen molar-refractivity contribution >= 4 is 11.9 Å². The highest BCUT2D eigenvalue weighted by Crippen LogP contribution is 2.47. The zero-order valence-corrected chi connectivity index (χ0v) is 8.60. The lowest BCUT2D eigenvalue weighted by atomic mass is 10.3. The molecule has 0 spiro atoms. The summed E-state index contributed by atoms with van der Waals surface area (Å²) in [5.41, 5.74) is 0. The van der Waals surface area contributed by atoms with E-state index in [2.05, 4.69) is 0 Å². The minimum atomic E-state index is -0.990. The number of quaternary nitrogens is 1. The second kappa shape index (κ2) is 3.24. The molecule has 0 amide bonds. The Balaban J connectivity index is 2.64. The van der Waals surface area contributed by atoms with Crippen molar-refractivity contribution in [1.29, 1.82) is 0 Å². The maximum absolute atomic E-state index is 10.7. The third kappa shape index (κ3) is 2.23. The van der Waals surface area contributed by atoms with Gasteiger partial charge in [0.1, 0.15) is 0 Å². The van der Waals surface area contributed by atoms with Crippen molar-refractivity contribution in [2.45, 2.75) is 0 Å². The van der Waals surface area contributed by atoms with Crippen LogP contribution >= 0.6 is 0 Å². The van der Waals surface area contributed by atoms with Gasteiger partial charge in [0.2, 0.25) is 0 Å². The molecule has 2 N–H and O–H groups in total. The number of aliphatic carboxylic acids is 2. The average Bonchev–Trinajstić information content (AvgIpc) is 2.57. The first-order valence-corrected chi connectivity index (χ1v) is 4.50. The van der Waals surface area contributed by atoms with Gasteiger partial charge in [-0.3, -0.25) is 9.59 Å². The lowest BCUT2D eigenvalue weighted by Gasteiger charge is -2.23. The highest BCUT2D eigenvalue weighted by molar-refractivity contribution is 5.86. The Bertz CT molecular complexity index is 248. The van der Waals surface area contributed by atoms with Crippen molar-refractivity contribution in [1.82, 2.24) is 0 Å². The summed E-state index contributed by atoms with van der Waals surface area (Å²) in [6, 6.07) is 0. The Morgan fingerprint density at radius 1 is 1.07 bits per heavy atom. The van der Waals surface area contributed by atoms with Crippen LogP contribution in [0.1, 0.15) is 0 Å². The van der Waals surface area contributed by atoms with E-state index < -0.39 is 23.8 Å². The van der Waals surface area contributed by atoms with Gasteiger partial charge in [-0.05, 0) is 0 Å². The molecule has 80 valence electrons. The van der Waals surface area contributed by atoms with Crippen molar-refractivity contribution in [3.05, 3.63) is 0 Å². The van der Waals surface area contributed by atoms with Crippen LogP contribution in [0, 0.1) is 17.8 Å². The standard InChI is InChI=1S/C9H15NO4/c1-10(2,3)4-5-6(8(11)12)7(5)9(13)14/h5-7H,4H2,1-3H3,(H-,11,12,13,14)/p+1/t5?,6-,7+. The fourth-order valence-electron chi connectivity index (χ4n) is 1.91. The molecule has 0 aliphatic heterocycles. The zero-order chi connectivity index (χ0) is 11.1. The lowest BCUT2D eigenvalue weighted by molar-refractivity contribution is -0.872. The zero-order valence-electron chi connectivity index (χ0n) is 8.60. The maximum Gasteiger partial charge on any atom is 0.307 e. The van der Waals surface area contributed by atoms with Crippen molar-refractivity contribution < 1.29 is 24.3 Å². The van der Waals surface area contributed by atoms with Crippen LogP contribution in [0.25, 0.3) is 0 Å². The number of hydrogen-bond acceptors (Lipinski definition) is 2. The second-order valence-electron chi connectivity index (χ2n) is 4.86. The first-order chi connectivity index (χ1) is 6.24. The van der Waals surface area contributed by atoms with E-state index in [0.717, 1.165) is 0 Å². The van der Waals surface area contributed by atoms with E-state index in [1.807, 2.05) is 21.1 Å². The molecule has 1 fully saturated rings. The average molecular weight is 202 g/mol. The van der Waals surface area contributed by atoms with Crippen LogP contribution in [-0.4, -0.2) is 54.3 Å². The van der Waals surface area contributed by atoms with Gasteiger partial charge in [0.05, 0.1) is 39.5 Å². The van der Waals surface area contributed by atoms with Crippen molar-refractivity contribution in [3.63, 3.8) is 0 Å². The number of hydrogen-bond donors (Lipinski definition) is 2. The van der Waals surface area contributed by atoms with Crippen LogP contribution in [0.3, 0.4) is 0 Å². The Morgan fingerprint density at radius 3 is 1.64 bits per heavy atom. The summed E-state index contributed by atoms with van der Waals surface area (Å²) in [5, 5.41) is 17.5. The highest BCUT2D eigenvalue weighted by atomic mass is 16.4. The van der Waals surface area contributed by atoms with E-state index in [1.54, 1.807) is 0 Å². The number of carboxylic acids is 2. The fourth-order valence-corrected chi connectivity index (χ4v) is 1.91. The van der Waals surface area contributed by atoms with Crippen molar-refractivity contribution in [2.24, 2.45) is 17.8 Å². The maximum atomic E-state index is 10.7. The molecule has 5 heteroatoms. The molecule has 0 heterocycles. The summed E-state index contributed by atoms with van der Waals surface area (Å²) < 4.78 is 0.595. The third-order valence-corrected chi connectivity index (χ3v) is 2.50. The van der Waals surface area contributed by atoms with Gasteiger partial charge in [0.25, 0.3) is 0 Å². The summed E-state index contributed by atoms with van der Waals surface area (Å²) in [5.74, 6) is -3.58. The highest BCUT2D eigenvalue weighted by Gasteiger charge is 2.61. The molecule has 14 heavy (non-hydrogen) atoms. The molecule has 0 aromatic heterocycles. The minimum absolute atomic E-state index is 0.218. The summed E-state index contributed by atoms with van der Waals surface area (Å²) in [6.07, 6.45) is 0. The molecule has 1 aliphatic rings. The Kier molecular flexibility index (Phi) is 2.54. The van der Waals surface area contributed by atoms with Crippen LogP contribution in [0.2, 0.25) is 0 Å². The number of rotatable bonds is 4. The third-order valence-electron chi connectivity index (χ3n) is 2.50. The Labute approximate surface area is 82.5 Å². The predicted molar refractivity (Wildman–Crippen MR) is 48.6 cm³/mol. The molecule has 0 bridgehead atoms. The van der Waals surface area contributed by atoms with Crippen molar-refractivity contribution in [2.75, 3.05) is 27.7 Å². The van der Waals surface area contributed by atoms with Gasteiger partial charge in [0, 0.05) is 5.92 Å². The van der Waals surface area contributed by atoms with Crippen LogP contribution < -0.4 is 0 Å². The molecule has 0 saturated heterocycles. The van der Waals surface area contributed by atoms with Gasteiger partial charge < -0.3 is 14.7 Å². The predicted octanol–water partition coefficient (Wildman–Crippen LogP) is -0.276. The molecule has 1 saturated carbocycles. The van der Waals surface area contributed by atoms with Gasteiger partial charge >= 0.3 is 11.9 Å². The van der Waals surface area contributed by atoms with Gasteiger partial charge in [-0.2, -0.15) is 0 Å². The molecule has 0 aromatic carbocycles. The number of nitrogens with zero attached hydrogens (tertiary/aromatic N) is 1. The van der Waals surface area contributed by atoms with E-state index in [0.29, 0.717) is 11.0 Å². The van der Waals surface area contributed by atoms with E-state index in [9.17, 15) is 9.59 Å². The molecular weight excluding hydrogens is 186 g/mol. The molecule has 1 aliphatic carbocycles.